The van der Waals surface area contributed by atoms with Gasteiger partial charge >= 0.3 is 5.97 Å². The Morgan fingerprint density at radius 2 is 2.36 bits per heavy atom. The number of ether oxygens (including phenoxy) is 1. The summed E-state index contributed by atoms with van der Waals surface area (Å²) in [5.41, 5.74) is 0.749. The molecule has 0 saturated carbocycles. The van der Waals surface area contributed by atoms with Gasteiger partial charge in [-0.05, 0) is 0 Å². The predicted molar refractivity (Wildman–Crippen MR) is 48.4 cm³/mol. The topological polar surface area (TPSA) is 69.2 Å². The molecule has 0 radical (unpaired) electrons. The molecule has 0 aliphatic carbocycles. The molecule has 2 heterocycles. The molecule has 6 heteroatoms. The average Bonchev–Trinajstić information content (AvgIpc) is 2.56. The molecule has 0 fully saturated rings. The summed E-state index contributed by atoms with van der Waals surface area (Å²) in [5, 5.41) is 1.69. The van der Waals surface area contributed by atoms with Crippen LogP contribution in [0, 0.1) is 0 Å². The van der Waals surface area contributed by atoms with Crippen molar-refractivity contribution in [3.63, 3.8) is 0 Å². The van der Waals surface area contributed by atoms with Crippen molar-refractivity contribution in [1.29, 1.82) is 0 Å². The predicted octanol–water partition coefficient (Wildman–Crippen LogP) is 0.112. The van der Waals surface area contributed by atoms with E-state index in [2.05, 4.69) is 14.7 Å². The second-order valence-corrected chi connectivity index (χ2v) is 3.78. The maximum absolute atomic E-state index is 11.4. The number of carbonyl (C=O) groups excluding carboxylic acids is 1. The Kier molecular flexibility index (Phi) is 2.12. The van der Waals surface area contributed by atoms with Gasteiger partial charge in [0.25, 0.3) is 0 Å². The van der Waals surface area contributed by atoms with Gasteiger partial charge in [0.1, 0.15) is 11.4 Å². The minimum Gasteiger partial charge on any atom is -0.465 e. The lowest BCUT2D eigenvalue weighted by Gasteiger charge is -1.99. The molecule has 72 valence electrons. The molecule has 0 N–H and O–H groups in total. The van der Waals surface area contributed by atoms with E-state index in [1.54, 1.807) is 0 Å². The first-order valence-corrected chi connectivity index (χ1v) is 4.96. The standard InChI is InChI=1S/C8H6N2O3S/c1-13-8(11)6-3-14(12)7-5(6)2-9-4-10-7/h2-4H,1H3. The smallest absolute Gasteiger partial charge is 0.339 e. The normalized spacial score (nSPS) is 18.6. The van der Waals surface area contributed by atoms with E-state index in [1.165, 1.54) is 25.0 Å². The molecule has 1 atom stereocenters. The number of esters is 1. The number of rotatable bonds is 1. The minimum atomic E-state index is -1.36. The van der Waals surface area contributed by atoms with Crippen molar-refractivity contribution >= 4 is 22.3 Å². The minimum absolute atomic E-state index is 0.265. The highest BCUT2D eigenvalue weighted by Gasteiger charge is 2.26. The largest absolute Gasteiger partial charge is 0.465 e. The number of hydrogen-bond donors (Lipinski definition) is 0. The lowest BCUT2D eigenvalue weighted by molar-refractivity contribution is -0.133. The number of methoxy groups -OCH3 is 1. The Bertz CT molecular complexity index is 456. The SMILES string of the molecule is COC(=O)C1=CS(=O)c2ncncc21. The maximum Gasteiger partial charge on any atom is 0.339 e. The zero-order chi connectivity index (χ0) is 10.1. The summed E-state index contributed by atoms with van der Waals surface area (Å²) >= 11 is 0. The average molecular weight is 210 g/mol. The highest BCUT2D eigenvalue weighted by atomic mass is 32.2. The van der Waals surface area contributed by atoms with Gasteiger partial charge < -0.3 is 4.74 Å². The van der Waals surface area contributed by atoms with Crippen LogP contribution in [0.1, 0.15) is 5.56 Å². The third-order valence-electron chi connectivity index (χ3n) is 1.79. The summed E-state index contributed by atoms with van der Waals surface area (Å²) in [4.78, 5) is 18.8. The molecule has 0 spiro atoms. The first-order chi connectivity index (χ1) is 6.74. The van der Waals surface area contributed by atoms with Crippen molar-refractivity contribution in [3.05, 3.63) is 23.5 Å². The molecule has 1 aliphatic rings. The van der Waals surface area contributed by atoms with Crippen molar-refractivity contribution in [1.82, 2.24) is 9.97 Å². The van der Waals surface area contributed by atoms with Crippen molar-refractivity contribution in [2.45, 2.75) is 5.03 Å². The summed E-state index contributed by atoms with van der Waals surface area (Å²) in [5.74, 6) is -0.521. The van der Waals surface area contributed by atoms with Crippen LogP contribution in [0.4, 0.5) is 0 Å². The van der Waals surface area contributed by atoms with Crippen LogP contribution in [0.2, 0.25) is 0 Å². The molecule has 0 bridgehead atoms. The molecule has 0 aromatic carbocycles. The van der Waals surface area contributed by atoms with Gasteiger partial charge in [0.05, 0.1) is 23.5 Å². The Morgan fingerprint density at radius 3 is 3.07 bits per heavy atom. The molecular formula is C8H6N2O3S. The van der Waals surface area contributed by atoms with E-state index in [0.717, 1.165) is 0 Å². The highest BCUT2D eigenvalue weighted by Crippen LogP contribution is 2.28. The second kappa shape index (κ2) is 3.30. The summed E-state index contributed by atoms with van der Waals surface area (Å²) < 4.78 is 16.0. The molecule has 0 saturated heterocycles. The van der Waals surface area contributed by atoms with E-state index < -0.39 is 16.8 Å². The molecule has 2 rings (SSSR count). The third kappa shape index (κ3) is 1.24. The molecule has 5 nitrogen and oxygen atoms in total. The van der Waals surface area contributed by atoms with E-state index >= 15 is 0 Å². The number of aromatic nitrogens is 2. The van der Waals surface area contributed by atoms with Crippen LogP contribution in [0.3, 0.4) is 0 Å². The lowest BCUT2D eigenvalue weighted by Crippen LogP contribution is -2.02. The summed E-state index contributed by atoms with van der Waals surface area (Å²) in [6, 6.07) is 0. The lowest BCUT2D eigenvalue weighted by atomic mass is 10.2. The molecule has 1 aromatic heterocycles. The summed E-state index contributed by atoms with van der Waals surface area (Å²) in [7, 11) is -0.0923. The van der Waals surface area contributed by atoms with Crippen LogP contribution in [0.5, 0.6) is 0 Å². The van der Waals surface area contributed by atoms with E-state index in [9.17, 15) is 9.00 Å². The van der Waals surface area contributed by atoms with Crippen LogP contribution < -0.4 is 0 Å². The van der Waals surface area contributed by atoms with Crippen LogP contribution in [0.15, 0.2) is 23.0 Å². The molecule has 1 unspecified atom stereocenters. The number of carbonyl (C=O) groups is 1. The van der Waals surface area contributed by atoms with Gasteiger partial charge in [-0.15, -0.1) is 0 Å². The molecule has 0 amide bonds. The van der Waals surface area contributed by atoms with Crippen molar-refractivity contribution in [3.8, 4) is 0 Å². The van der Waals surface area contributed by atoms with E-state index in [-0.39, 0.29) is 5.57 Å². The third-order valence-corrected chi connectivity index (χ3v) is 2.94. The maximum atomic E-state index is 11.4. The second-order valence-electron chi connectivity index (χ2n) is 2.56. The van der Waals surface area contributed by atoms with Crippen LogP contribution in [-0.4, -0.2) is 27.3 Å². The Morgan fingerprint density at radius 1 is 1.57 bits per heavy atom. The van der Waals surface area contributed by atoms with Gasteiger partial charge in [0.15, 0.2) is 0 Å². The fourth-order valence-corrected chi connectivity index (χ4v) is 2.24. The van der Waals surface area contributed by atoms with Crippen LogP contribution in [0.25, 0.3) is 5.57 Å². The molecule has 14 heavy (non-hydrogen) atoms. The van der Waals surface area contributed by atoms with E-state index in [0.29, 0.717) is 10.6 Å². The Balaban J connectivity index is 2.54. The number of hydrogen-bond acceptors (Lipinski definition) is 5. The van der Waals surface area contributed by atoms with Crippen molar-refractivity contribution in [2.75, 3.05) is 7.11 Å². The number of fused-ring (bicyclic) bond motifs is 1. The fourth-order valence-electron chi connectivity index (χ4n) is 1.16. The van der Waals surface area contributed by atoms with Crippen LogP contribution in [-0.2, 0) is 20.3 Å². The Hall–Kier alpha value is -1.56. The summed E-state index contributed by atoms with van der Waals surface area (Å²) in [6.45, 7) is 0. The van der Waals surface area contributed by atoms with Crippen molar-refractivity contribution < 1.29 is 13.7 Å². The van der Waals surface area contributed by atoms with E-state index in [4.69, 9.17) is 0 Å². The van der Waals surface area contributed by atoms with E-state index in [1.807, 2.05) is 0 Å². The van der Waals surface area contributed by atoms with Gasteiger partial charge in [0.2, 0.25) is 0 Å². The van der Waals surface area contributed by atoms with Gasteiger partial charge in [-0.2, -0.15) is 0 Å². The Labute approximate surface area is 82.3 Å². The number of nitrogens with zero attached hydrogens (tertiary/aromatic N) is 2. The van der Waals surface area contributed by atoms with Gasteiger partial charge in [-0.1, -0.05) is 0 Å². The monoisotopic (exact) mass is 210 g/mol. The molecule has 1 aliphatic heterocycles. The zero-order valence-corrected chi connectivity index (χ0v) is 8.08. The quantitative estimate of drug-likeness (QED) is 0.486. The zero-order valence-electron chi connectivity index (χ0n) is 7.26. The van der Waals surface area contributed by atoms with Crippen molar-refractivity contribution in [2.24, 2.45) is 0 Å². The first-order valence-electron chi connectivity index (χ1n) is 3.75. The van der Waals surface area contributed by atoms with Crippen LogP contribution >= 0.6 is 0 Å². The van der Waals surface area contributed by atoms with Gasteiger partial charge in [-0.25, -0.2) is 19.0 Å². The first kappa shape index (κ1) is 9.01. The fraction of sp³-hybridized carbons (Fsp3) is 0.125. The molecular weight excluding hydrogens is 204 g/mol. The van der Waals surface area contributed by atoms with Gasteiger partial charge in [0, 0.05) is 17.2 Å². The van der Waals surface area contributed by atoms with Gasteiger partial charge in [-0.3, -0.25) is 0 Å². The molecule has 1 aromatic rings. The summed E-state index contributed by atoms with van der Waals surface area (Å²) in [6.07, 6.45) is 2.75. The highest BCUT2D eigenvalue weighted by molar-refractivity contribution is 7.88.